The number of imidazole rings is 2. The number of halogens is 12. The highest BCUT2D eigenvalue weighted by atomic mass is 19.4. The Morgan fingerprint density at radius 2 is 0.822 bits per heavy atom. The minimum atomic E-state index is -5.37. The van der Waals surface area contributed by atoms with Crippen LogP contribution in [0.5, 0.6) is 11.5 Å². The van der Waals surface area contributed by atoms with Crippen molar-refractivity contribution in [2.24, 2.45) is 0 Å². The van der Waals surface area contributed by atoms with E-state index in [1.807, 2.05) is 0 Å². The molecule has 0 aromatic carbocycles. The molecule has 244 valence electrons. The van der Waals surface area contributed by atoms with Gasteiger partial charge in [0.1, 0.15) is 23.1 Å². The summed E-state index contributed by atoms with van der Waals surface area (Å²) in [7, 11) is 2.18. The van der Waals surface area contributed by atoms with Gasteiger partial charge in [-0.15, -0.1) is 0 Å². The molecule has 0 aliphatic heterocycles. The molecule has 0 saturated heterocycles. The zero-order chi connectivity index (χ0) is 33.9. The molecule has 4 rings (SSSR count). The first-order chi connectivity index (χ1) is 20.5. The fourth-order valence-electron chi connectivity index (χ4n) is 4.02. The second kappa shape index (κ2) is 10.8. The summed E-state index contributed by atoms with van der Waals surface area (Å²) < 4.78 is 172. The molecule has 20 heteroatoms. The van der Waals surface area contributed by atoms with Crippen molar-refractivity contribution in [1.29, 1.82) is 0 Å². The molecule has 0 unspecified atom stereocenters. The fraction of sp³-hybridized carbons (Fsp3) is 0.360. The van der Waals surface area contributed by atoms with Gasteiger partial charge in [-0.2, -0.15) is 52.7 Å². The van der Waals surface area contributed by atoms with Crippen LogP contribution in [-0.4, -0.2) is 43.3 Å². The number of nitrogens with zero attached hydrogens (tertiary/aromatic N) is 6. The summed E-state index contributed by atoms with van der Waals surface area (Å²) in [6.45, 7) is 2.67. The Morgan fingerprint density at radius 3 is 1.09 bits per heavy atom. The predicted molar refractivity (Wildman–Crippen MR) is 128 cm³/mol. The zero-order valence-corrected chi connectivity index (χ0v) is 23.0. The van der Waals surface area contributed by atoms with Crippen molar-refractivity contribution in [2.45, 2.75) is 44.0 Å². The monoisotopic (exact) mass is 662 g/mol. The number of alkyl halides is 12. The van der Waals surface area contributed by atoms with Crippen LogP contribution < -0.4 is 9.47 Å². The van der Waals surface area contributed by atoms with Crippen LogP contribution in [0, 0.1) is 0 Å². The van der Waals surface area contributed by atoms with Crippen LogP contribution in [0.4, 0.5) is 52.7 Å². The average molecular weight is 662 g/mol. The highest BCUT2D eigenvalue weighted by Crippen LogP contribution is 2.40. The maximum atomic E-state index is 13.7. The Morgan fingerprint density at radius 1 is 0.489 bits per heavy atom. The van der Waals surface area contributed by atoms with Gasteiger partial charge in [-0.1, -0.05) is 0 Å². The lowest BCUT2D eigenvalue weighted by molar-refractivity contribution is -0.151. The Kier molecular flexibility index (Phi) is 8.03. The Bertz CT molecular complexity index is 1590. The zero-order valence-electron chi connectivity index (χ0n) is 23.0. The van der Waals surface area contributed by atoms with E-state index in [-0.39, 0.29) is 44.4 Å². The van der Waals surface area contributed by atoms with Gasteiger partial charge in [0.25, 0.3) is 0 Å². The Hall–Kier alpha value is -4.52. The van der Waals surface area contributed by atoms with E-state index in [9.17, 15) is 52.7 Å². The number of ether oxygens (including phenoxy) is 2. The largest absolute Gasteiger partial charge is 0.497 e. The van der Waals surface area contributed by atoms with Crippen molar-refractivity contribution in [2.75, 3.05) is 14.2 Å². The molecule has 4 aromatic rings. The third-order valence-electron chi connectivity index (χ3n) is 6.32. The summed E-state index contributed by atoms with van der Waals surface area (Å²) in [5.74, 6) is -5.82. The molecule has 0 aliphatic carbocycles. The van der Waals surface area contributed by atoms with E-state index in [4.69, 9.17) is 9.47 Å². The normalized spacial score (nSPS) is 13.3. The first kappa shape index (κ1) is 33.4. The van der Waals surface area contributed by atoms with Crippen LogP contribution in [-0.2, 0) is 30.1 Å². The molecular formula is C25H18F12N6O2. The highest BCUT2D eigenvalue weighted by molar-refractivity contribution is 5.45. The lowest BCUT2D eigenvalue weighted by Gasteiger charge is -2.26. The molecule has 0 amide bonds. The number of methoxy groups -OCH3 is 2. The van der Waals surface area contributed by atoms with E-state index in [2.05, 4.69) is 19.9 Å². The van der Waals surface area contributed by atoms with Crippen molar-refractivity contribution in [3.05, 3.63) is 71.1 Å². The number of rotatable bonds is 6. The van der Waals surface area contributed by atoms with Gasteiger partial charge in [-0.05, 0) is 13.8 Å². The predicted octanol–water partition coefficient (Wildman–Crippen LogP) is 7.27. The quantitative estimate of drug-likeness (QED) is 0.202. The Labute approximate surface area is 244 Å². The van der Waals surface area contributed by atoms with Crippen LogP contribution >= 0.6 is 0 Å². The van der Waals surface area contributed by atoms with Gasteiger partial charge in [-0.3, -0.25) is 9.13 Å². The molecule has 4 heterocycles. The maximum Gasteiger partial charge on any atom is 0.450 e. The van der Waals surface area contributed by atoms with E-state index < -0.39 is 64.8 Å². The van der Waals surface area contributed by atoms with E-state index >= 15 is 0 Å². The maximum absolute atomic E-state index is 13.7. The molecule has 0 atom stereocenters. The lowest BCUT2D eigenvalue weighted by Crippen LogP contribution is -2.25. The molecule has 0 radical (unpaired) electrons. The van der Waals surface area contributed by atoms with E-state index in [0.29, 0.717) is 0 Å². The van der Waals surface area contributed by atoms with Crippen molar-refractivity contribution in [3.63, 3.8) is 0 Å². The molecule has 0 fully saturated rings. The summed E-state index contributed by atoms with van der Waals surface area (Å²) in [4.78, 5) is 13.5. The van der Waals surface area contributed by atoms with Crippen LogP contribution in [0.25, 0.3) is 11.6 Å². The summed E-state index contributed by atoms with van der Waals surface area (Å²) in [5, 5.41) is 0. The molecule has 8 nitrogen and oxygen atoms in total. The molecule has 0 saturated carbocycles. The van der Waals surface area contributed by atoms with E-state index in [0.717, 1.165) is 26.4 Å². The van der Waals surface area contributed by atoms with Crippen molar-refractivity contribution in [3.8, 4) is 23.1 Å². The van der Waals surface area contributed by atoms with Crippen LogP contribution in [0.1, 0.15) is 48.3 Å². The fourth-order valence-corrected chi connectivity index (χ4v) is 4.02. The molecule has 4 aromatic heterocycles. The van der Waals surface area contributed by atoms with Crippen molar-refractivity contribution in [1.82, 2.24) is 29.1 Å². The highest BCUT2D eigenvalue weighted by Gasteiger charge is 2.45. The van der Waals surface area contributed by atoms with Gasteiger partial charge in [-0.25, -0.2) is 19.9 Å². The number of aromatic nitrogens is 6. The van der Waals surface area contributed by atoms with Crippen molar-refractivity contribution >= 4 is 0 Å². The molecule has 0 aliphatic rings. The minimum absolute atomic E-state index is 0.0368. The first-order valence-corrected chi connectivity index (χ1v) is 12.1. The second-order valence-electron chi connectivity index (χ2n) is 9.76. The molecule has 0 bridgehead atoms. The summed E-state index contributed by atoms with van der Waals surface area (Å²) in [6.07, 6.45) is -21.1. The van der Waals surface area contributed by atoms with Gasteiger partial charge < -0.3 is 9.47 Å². The molecule has 0 N–H and O–H groups in total. The smallest absolute Gasteiger partial charge is 0.450 e. The first-order valence-electron chi connectivity index (χ1n) is 12.1. The molecule has 0 spiro atoms. The summed E-state index contributed by atoms with van der Waals surface area (Å²) >= 11 is 0. The third-order valence-corrected chi connectivity index (χ3v) is 6.32. The van der Waals surface area contributed by atoms with Crippen LogP contribution in [0.2, 0.25) is 0 Å². The third kappa shape index (κ3) is 6.63. The van der Waals surface area contributed by atoms with Crippen molar-refractivity contribution < 1.29 is 62.2 Å². The standard InChI is InChI=1S/C25H18F12N6O2/c1-21(2,13-5-11(44-3)7-17(38-13)42-9-15(22(26,27)28)40-19(42)24(32,33)34)14-6-12(45-4)8-18(39-14)43-10-16(23(29,30)31)41-20(43)25(35,36)37/h5-10H,1-4H3. The van der Waals surface area contributed by atoms with Gasteiger partial charge in [0.15, 0.2) is 11.4 Å². The lowest BCUT2D eigenvalue weighted by atomic mass is 9.84. The molecular weight excluding hydrogens is 644 g/mol. The average Bonchev–Trinajstić information content (AvgIpc) is 3.58. The second-order valence-corrected chi connectivity index (χ2v) is 9.76. The topological polar surface area (TPSA) is 79.9 Å². The number of hydrogen-bond donors (Lipinski definition) is 0. The van der Waals surface area contributed by atoms with Gasteiger partial charge in [0.05, 0.1) is 25.6 Å². The van der Waals surface area contributed by atoms with Gasteiger partial charge in [0, 0.05) is 42.1 Å². The summed E-state index contributed by atoms with van der Waals surface area (Å²) in [5.41, 5.74) is -5.82. The van der Waals surface area contributed by atoms with E-state index in [1.54, 1.807) is 0 Å². The van der Waals surface area contributed by atoms with Gasteiger partial charge >= 0.3 is 24.7 Å². The van der Waals surface area contributed by atoms with Crippen LogP contribution in [0.15, 0.2) is 36.7 Å². The van der Waals surface area contributed by atoms with Gasteiger partial charge in [0.2, 0.25) is 11.6 Å². The van der Waals surface area contributed by atoms with E-state index in [1.165, 1.54) is 26.0 Å². The minimum Gasteiger partial charge on any atom is -0.497 e. The number of pyridine rings is 2. The van der Waals surface area contributed by atoms with Crippen LogP contribution in [0.3, 0.4) is 0 Å². The molecule has 45 heavy (non-hydrogen) atoms. The Balaban J connectivity index is 1.95. The number of hydrogen-bond acceptors (Lipinski definition) is 6. The summed E-state index contributed by atoms with van der Waals surface area (Å²) in [6, 6.07) is 4.08. The SMILES string of the molecule is COc1cc(-n2cc(C(F)(F)F)nc2C(F)(F)F)nc(C(C)(C)c2cc(OC)cc(-n3cc(C(F)(F)F)nc3C(F)(F)F)n2)c1.